The van der Waals surface area contributed by atoms with Crippen LogP contribution in [0.3, 0.4) is 0 Å². The van der Waals surface area contributed by atoms with E-state index in [1.54, 1.807) is 18.3 Å². The number of sulfone groups is 1. The third-order valence-corrected chi connectivity index (χ3v) is 4.42. The van der Waals surface area contributed by atoms with Crippen molar-refractivity contribution in [2.45, 2.75) is 44.4 Å². The van der Waals surface area contributed by atoms with E-state index in [4.69, 9.17) is 4.74 Å². The summed E-state index contributed by atoms with van der Waals surface area (Å²) < 4.78 is 29.4. The van der Waals surface area contributed by atoms with Gasteiger partial charge in [0.15, 0.2) is 9.84 Å². The number of aromatic nitrogens is 1. The van der Waals surface area contributed by atoms with Gasteiger partial charge in [-0.3, -0.25) is 0 Å². The molecule has 0 fully saturated rings. The fourth-order valence-electron chi connectivity index (χ4n) is 2.14. The zero-order valence-corrected chi connectivity index (χ0v) is 15.4. The standard InChI is InChI=1S/C18H24N2O3S/c1-18(2,3)23-13-15-8-5-7-14(11-15)12-20-17-16(24(4,21)22)9-6-10-19-17/h5-11H,12-13H2,1-4H3,(H,19,20). The molecule has 1 aromatic carbocycles. The van der Waals surface area contributed by atoms with E-state index in [-0.39, 0.29) is 10.5 Å². The van der Waals surface area contributed by atoms with Crippen molar-refractivity contribution in [3.05, 3.63) is 53.7 Å². The molecule has 1 aromatic heterocycles. The maximum absolute atomic E-state index is 11.8. The first-order valence-electron chi connectivity index (χ1n) is 7.76. The van der Waals surface area contributed by atoms with Gasteiger partial charge in [-0.25, -0.2) is 13.4 Å². The van der Waals surface area contributed by atoms with E-state index in [1.165, 1.54) is 6.26 Å². The van der Waals surface area contributed by atoms with E-state index >= 15 is 0 Å². The van der Waals surface area contributed by atoms with Gasteiger partial charge in [-0.1, -0.05) is 24.3 Å². The van der Waals surface area contributed by atoms with Gasteiger partial charge in [0, 0.05) is 19.0 Å². The third kappa shape index (κ3) is 5.62. The number of benzene rings is 1. The largest absolute Gasteiger partial charge is 0.371 e. The zero-order chi connectivity index (χ0) is 17.8. The Morgan fingerprint density at radius 3 is 2.50 bits per heavy atom. The summed E-state index contributed by atoms with van der Waals surface area (Å²) in [5.74, 6) is 0.372. The highest BCUT2D eigenvalue weighted by molar-refractivity contribution is 7.90. The number of rotatable bonds is 6. The summed E-state index contributed by atoms with van der Waals surface area (Å²) in [5, 5.41) is 3.10. The number of ether oxygens (including phenoxy) is 1. The fraction of sp³-hybridized carbons (Fsp3) is 0.389. The van der Waals surface area contributed by atoms with Crippen LogP contribution in [0.15, 0.2) is 47.5 Å². The van der Waals surface area contributed by atoms with E-state index in [0.717, 1.165) is 11.1 Å². The van der Waals surface area contributed by atoms with Gasteiger partial charge in [0.25, 0.3) is 0 Å². The predicted molar refractivity (Wildman–Crippen MR) is 95.7 cm³/mol. The van der Waals surface area contributed by atoms with Crippen LogP contribution in [0.2, 0.25) is 0 Å². The van der Waals surface area contributed by atoms with Gasteiger partial charge < -0.3 is 10.1 Å². The van der Waals surface area contributed by atoms with Crippen LogP contribution in [0.4, 0.5) is 5.82 Å². The average molecular weight is 348 g/mol. The highest BCUT2D eigenvalue weighted by atomic mass is 32.2. The molecule has 24 heavy (non-hydrogen) atoms. The Bertz CT molecular complexity index is 796. The molecule has 0 saturated heterocycles. The summed E-state index contributed by atoms with van der Waals surface area (Å²) in [6, 6.07) is 11.2. The summed E-state index contributed by atoms with van der Waals surface area (Å²) in [7, 11) is -3.32. The normalized spacial score (nSPS) is 12.2. The summed E-state index contributed by atoms with van der Waals surface area (Å²) >= 11 is 0. The minimum atomic E-state index is -3.32. The van der Waals surface area contributed by atoms with Crippen LogP contribution in [0, 0.1) is 0 Å². The second kappa shape index (κ2) is 7.32. The topological polar surface area (TPSA) is 68.3 Å². The van der Waals surface area contributed by atoms with Crippen molar-refractivity contribution in [3.63, 3.8) is 0 Å². The Balaban J connectivity index is 2.08. The molecule has 1 N–H and O–H groups in total. The average Bonchev–Trinajstić information content (AvgIpc) is 2.50. The monoisotopic (exact) mass is 348 g/mol. The van der Waals surface area contributed by atoms with Crippen molar-refractivity contribution in [1.82, 2.24) is 4.98 Å². The predicted octanol–water partition coefficient (Wildman–Crippen LogP) is 3.41. The number of nitrogens with zero attached hydrogens (tertiary/aromatic N) is 1. The second-order valence-electron chi connectivity index (χ2n) is 6.70. The minimum absolute atomic E-state index is 0.188. The molecule has 1 heterocycles. The molecular weight excluding hydrogens is 324 g/mol. The highest BCUT2D eigenvalue weighted by Gasteiger charge is 2.14. The molecule has 2 rings (SSSR count). The fourth-order valence-corrected chi connectivity index (χ4v) is 2.94. The van der Waals surface area contributed by atoms with Crippen LogP contribution >= 0.6 is 0 Å². The Morgan fingerprint density at radius 1 is 1.12 bits per heavy atom. The van der Waals surface area contributed by atoms with Crippen LogP contribution in [0.5, 0.6) is 0 Å². The van der Waals surface area contributed by atoms with Gasteiger partial charge in [0.1, 0.15) is 10.7 Å². The lowest BCUT2D eigenvalue weighted by molar-refractivity contribution is -0.0149. The molecule has 0 aliphatic heterocycles. The lowest BCUT2D eigenvalue weighted by atomic mass is 10.1. The van der Waals surface area contributed by atoms with E-state index in [0.29, 0.717) is 19.0 Å². The number of nitrogens with one attached hydrogen (secondary N) is 1. The maximum atomic E-state index is 11.8. The van der Waals surface area contributed by atoms with Gasteiger partial charge in [-0.05, 0) is 44.0 Å². The van der Waals surface area contributed by atoms with Gasteiger partial charge in [-0.2, -0.15) is 0 Å². The number of hydrogen-bond acceptors (Lipinski definition) is 5. The summed E-state index contributed by atoms with van der Waals surface area (Å²) in [5.41, 5.74) is 1.93. The molecule has 0 aliphatic carbocycles. The van der Waals surface area contributed by atoms with Gasteiger partial charge in [0.05, 0.1) is 12.2 Å². The number of pyridine rings is 1. The van der Waals surface area contributed by atoms with E-state index < -0.39 is 9.84 Å². The van der Waals surface area contributed by atoms with Crippen LogP contribution < -0.4 is 5.32 Å². The lowest BCUT2D eigenvalue weighted by Gasteiger charge is -2.19. The van der Waals surface area contributed by atoms with Crippen molar-refractivity contribution in [1.29, 1.82) is 0 Å². The summed E-state index contributed by atoms with van der Waals surface area (Å²) in [6.45, 7) is 7.09. The van der Waals surface area contributed by atoms with Crippen molar-refractivity contribution >= 4 is 15.7 Å². The first-order chi connectivity index (χ1) is 11.1. The van der Waals surface area contributed by atoms with Crippen molar-refractivity contribution < 1.29 is 13.2 Å². The maximum Gasteiger partial charge on any atom is 0.179 e. The van der Waals surface area contributed by atoms with Crippen LogP contribution in [-0.2, 0) is 27.7 Å². The summed E-state index contributed by atoms with van der Waals surface area (Å²) in [4.78, 5) is 4.34. The molecule has 0 atom stereocenters. The SMILES string of the molecule is CC(C)(C)OCc1cccc(CNc2ncccc2S(C)(=O)=O)c1. The first-order valence-corrected chi connectivity index (χ1v) is 9.65. The van der Waals surface area contributed by atoms with Crippen molar-refractivity contribution in [2.75, 3.05) is 11.6 Å². The lowest BCUT2D eigenvalue weighted by Crippen LogP contribution is -2.18. The Labute approximate surface area is 144 Å². The highest BCUT2D eigenvalue weighted by Crippen LogP contribution is 2.19. The van der Waals surface area contributed by atoms with Crippen LogP contribution in [-0.4, -0.2) is 25.3 Å². The van der Waals surface area contributed by atoms with E-state index in [2.05, 4.69) is 10.3 Å². The Hall–Kier alpha value is -1.92. The summed E-state index contributed by atoms with van der Waals surface area (Å²) in [6.07, 6.45) is 2.75. The number of hydrogen-bond donors (Lipinski definition) is 1. The number of anilines is 1. The van der Waals surface area contributed by atoms with Crippen molar-refractivity contribution in [2.24, 2.45) is 0 Å². The molecule has 2 aromatic rings. The van der Waals surface area contributed by atoms with Gasteiger partial charge in [0.2, 0.25) is 0 Å². The van der Waals surface area contributed by atoms with Crippen LogP contribution in [0.25, 0.3) is 0 Å². The third-order valence-electron chi connectivity index (χ3n) is 3.29. The molecule has 0 bridgehead atoms. The molecule has 5 nitrogen and oxygen atoms in total. The second-order valence-corrected chi connectivity index (χ2v) is 8.68. The van der Waals surface area contributed by atoms with Crippen LogP contribution in [0.1, 0.15) is 31.9 Å². The zero-order valence-electron chi connectivity index (χ0n) is 14.5. The minimum Gasteiger partial charge on any atom is -0.371 e. The molecule has 0 saturated carbocycles. The Morgan fingerprint density at radius 2 is 1.83 bits per heavy atom. The van der Waals surface area contributed by atoms with Gasteiger partial charge >= 0.3 is 0 Å². The molecule has 0 amide bonds. The molecule has 0 aliphatic rings. The molecule has 6 heteroatoms. The van der Waals surface area contributed by atoms with E-state index in [9.17, 15) is 8.42 Å². The molecule has 130 valence electrons. The molecular formula is C18H24N2O3S. The van der Waals surface area contributed by atoms with Crippen molar-refractivity contribution in [3.8, 4) is 0 Å². The quantitative estimate of drug-likeness (QED) is 0.866. The Kier molecular flexibility index (Phi) is 5.62. The van der Waals surface area contributed by atoms with E-state index in [1.807, 2.05) is 45.0 Å². The molecule has 0 spiro atoms. The smallest absolute Gasteiger partial charge is 0.179 e. The first kappa shape index (κ1) is 18.4. The molecule has 0 radical (unpaired) electrons. The van der Waals surface area contributed by atoms with Gasteiger partial charge in [-0.15, -0.1) is 0 Å². The molecule has 0 unspecified atom stereocenters.